The van der Waals surface area contributed by atoms with Crippen LogP contribution < -0.4 is 9.47 Å². The van der Waals surface area contributed by atoms with Crippen molar-refractivity contribution in [1.29, 1.82) is 0 Å². The largest absolute Gasteiger partial charge is 0.454 e. The van der Waals surface area contributed by atoms with Gasteiger partial charge in [-0.25, -0.2) is 8.42 Å². The van der Waals surface area contributed by atoms with Gasteiger partial charge in [0.25, 0.3) is 0 Å². The molecule has 0 spiro atoms. The third-order valence-corrected chi connectivity index (χ3v) is 5.12. The van der Waals surface area contributed by atoms with E-state index in [9.17, 15) is 8.42 Å². The van der Waals surface area contributed by atoms with Crippen molar-refractivity contribution in [2.45, 2.75) is 12.5 Å². The van der Waals surface area contributed by atoms with Crippen LogP contribution in [0.4, 0.5) is 0 Å². The molecule has 4 rings (SSSR count). The topological polar surface area (TPSA) is 68.2 Å². The zero-order valence-electron chi connectivity index (χ0n) is 13.0. The first kappa shape index (κ1) is 15.0. The van der Waals surface area contributed by atoms with E-state index in [1.807, 2.05) is 42.5 Å². The van der Waals surface area contributed by atoms with Crippen molar-refractivity contribution in [3.05, 3.63) is 59.7 Å². The number of sulfonamides is 1. The molecule has 24 heavy (non-hydrogen) atoms. The second kappa shape index (κ2) is 5.52. The minimum Gasteiger partial charge on any atom is -0.454 e. The minimum atomic E-state index is -3.48. The predicted octanol–water partition coefficient (Wildman–Crippen LogP) is 2.53. The Morgan fingerprint density at radius 1 is 1.08 bits per heavy atom. The lowest BCUT2D eigenvalue weighted by Gasteiger charge is -2.21. The summed E-state index contributed by atoms with van der Waals surface area (Å²) in [4.78, 5) is 0. The number of rotatable bonds is 3. The Balaban J connectivity index is 1.73. The van der Waals surface area contributed by atoms with Crippen LogP contribution in [-0.2, 0) is 10.0 Å². The zero-order valence-corrected chi connectivity index (χ0v) is 13.9. The van der Waals surface area contributed by atoms with Crippen molar-refractivity contribution in [1.82, 2.24) is 4.41 Å². The van der Waals surface area contributed by atoms with E-state index in [4.69, 9.17) is 9.47 Å². The van der Waals surface area contributed by atoms with Gasteiger partial charge in [0.05, 0.1) is 18.0 Å². The van der Waals surface area contributed by atoms with E-state index in [1.165, 1.54) is 10.7 Å². The average Bonchev–Trinajstić information content (AvgIpc) is 3.21. The summed E-state index contributed by atoms with van der Waals surface area (Å²) in [6, 6.07) is 14.7. The molecule has 0 N–H and O–H groups in total. The molecule has 0 bridgehead atoms. The summed E-state index contributed by atoms with van der Waals surface area (Å²) in [5.41, 5.74) is 2.51. The van der Waals surface area contributed by atoms with Gasteiger partial charge in [-0.05, 0) is 23.3 Å². The van der Waals surface area contributed by atoms with Gasteiger partial charge in [0.15, 0.2) is 11.5 Å². The lowest BCUT2D eigenvalue weighted by Crippen LogP contribution is -2.25. The lowest BCUT2D eigenvalue weighted by molar-refractivity contribution is 0.174. The molecule has 0 saturated heterocycles. The Kier molecular flexibility index (Phi) is 3.45. The Morgan fingerprint density at radius 3 is 2.58 bits per heavy atom. The maximum atomic E-state index is 12.2. The third kappa shape index (κ3) is 2.60. The molecule has 2 aromatic carbocycles. The van der Waals surface area contributed by atoms with Crippen molar-refractivity contribution in [3.8, 4) is 11.5 Å². The van der Waals surface area contributed by atoms with Crippen molar-refractivity contribution >= 4 is 15.7 Å². The second-order valence-corrected chi connectivity index (χ2v) is 7.62. The summed E-state index contributed by atoms with van der Waals surface area (Å²) in [5, 5.41) is 4.37. The number of hydrogen-bond acceptors (Lipinski definition) is 5. The summed E-state index contributed by atoms with van der Waals surface area (Å²) < 4.78 is 36.3. The minimum absolute atomic E-state index is 0.186. The van der Waals surface area contributed by atoms with E-state index >= 15 is 0 Å². The second-order valence-electron chi connectivity index (χ2n) is 5.78. The molecule has 0 radical (unpaired) electrons. The summed E-state index contributed by atoms with van der Waals surface area (Å²) in [5.74, 6) is 1.31. The molecular weight excluding hydrogens is 328 g/mol. The molecule has 0 aromatic heterocycles. The van der Waals surface area contributed by atoms with Crippen LogP contribution in [0.25, 0.3) is 0 Å². The van der Waals surface area contributed by atoms with Crippen LogP contribution in [-0.4, -0.2) is 31.6 Å². The van der Waals surface area contributed by atoms with Crippen LogP contribution in [0, 0.1) is 0 Å². The summed E-state index contributed by atoms with van der Waals surface area (Å²) in [6.07, 6.45) is 1.68. The van der Waals surface area contributed by atoms with Gasteiger partial charge < -0.3 is 9.47 Å². The number of nitrogens with zero attached hydrogens (tertiary/aromatic N) is 2. The Bertz CT molecular complexity index is 909. The quantitative estimate of drug-likeness (QED) is 0.858. The van der Waals surface area contributed by atoms with Gasteiger partial charge in [-0.3, -0.25) is 0 Å². The molecule has 2 aromatic rings. The fourth-order valence-corrected chi connectivity index (χ4v) is 3.87. The molecule has 0 aliphatic carbocycles. The lowest BCUT2D eigenvalue weighted by atomic mass is 9.99. The third-order valence-electron chi connectivity index (χ3n) is 4.10. The molecule has 2 heterocycles. The van der Waals surface area contributed by atoms with Gasteiger partial charge in [-0.2, -0.15) is 9.52 Å². The Labute approximate surface area is 140 Å². The number of hydrogen-bond donors (Lipinski definition) is 0. The molecule has 2 aliphatic heterocycles. The van der Waals surface area contributed by atoms with Crippen molar-refractivity contribution in [3.63, 3.8) is 0 Å². The molecule has 0 amide bonds. The fourth-order valence-electron chi connectivity index (χ4n) is 2.97. The van der Waals surface area contributed by atoms with Crippen LogP contribution in [0.5, 0.6) is 11.5 Å². The molecule has 0 fully saturated rings. The van der Waals surface area contributed by atoms with E-state index in [0.717, 1.165) is 16.8 Å². The smallest absolute Gasteiger partial charge is 0.247 e. The van der Waals surface area contributed by atoms with Crippen molar-refractivity contribution in [2.75, 3.05) is 13.0 Å². The van der Waals surface area contributed by atoms with Crippen molar-refractivity contribution in [2.24, 2.45) is 5.10 Å². The molecule has 2 aliphatic rings. The standard InChI is InChI=1S/C17H16N2O4S/c1-24(20,21)19-15(10-14(18-19)12-5-3-2-4-6-12)13-7-8-16-17(9-13)23-11-22-16/h2-9,15H,10-11H2,1H3/t15-/m0/s1. The number of ether oxygens (including phenoxy) is 2. The molecule has 1 atom stereocenters. The van der Waals surface area contributed by atoms with Crippen molar-refractivity contribution < 1.29 is 17.9 Å². The Morgan fingerprint density at radius 2 is 1.83 bits per heavy atom. The molecule has 6 nitrogen and oxygen atoms in total. The van der Waals surface area contributed by atoms with Crippen LogP contribution in [0.3, 0.4) is 0 Å². The number of benzene rings is 2. The zero-order chi connectivity index (χ0) is 16.7. The maximum Gasteiger partial charge on any atom is 0.247 e. The molecule has 0 saturated carbocycles. The van der Waals surface area contributed by atoms with Gasteiger partial charge in [0.1, 0.15) is 0 Å². The van der Waals surface area contributed by atoms with Gasteiger partial charge in [-0.15, -0.1) is 0 Å². The molecule has 0 unspecified atom stereocenters. The van der Waals surface area contributed by atoms with Crippen LogP contribution in [0.2, 0.25) is 0 Å². The first-order valence-electron chi connectivity index (χ1n) is 7.54. The summed E-state index contributed by atoms with van der Waals surface area (Å²) in [6.45, 7) is 0.186. The van der Waals surface area contributed by atoms with Gasteiger partial charge >= 0.3 is 0 Å². The maximum absolute atomic E-state index is 12.2. The predicted molar refractivity (Wildman–Crippen MR) is 89.6 cm³/mol. The monoisotopic (exact) mass is 344 g/mol. The van der Waals surface area contributed by atoms with Gasteiger partial charge in [-0.1, -0.05) is 36.4 Å². The van der Waals surface area contributed by atoms with E-state index in [1.54, 1.807) is 6.07 Å². The first-order chi connectivity index (χ1) is 11.5. The highest BCUT2D eigenvalue weighted by molar-refractivity contribution is 7.88. The normalized spacial score (nSPS) is 19.5. The van der Waals surface area contributed by atoms with Crippen LogP contribution in [0.1, 0.15) is 23.6 Å². The van der Waals surface area contributed by atoms with E-state index in [-0.39, 0.29) is 12.8 Å². The average molecular weight is 344 g/mol. The van der Waals surface area contributed by atoms with E-state index in [2.05, 4.69) is 5.10 Å². The summed E-state index contributed by atoms with van der Waals surface area (Å²) in [7, 11) is -3.48. The van der Waals surface area contributed by atoms with Gasteiger partial charge in [0.2, 0.25) is 16.8 Å². The molecule has 124 valence electrons. The van der Waals surface area contributed by atoms with Gasteiger partial charge in [0, 0.05) is 6.42 Å². The highest BCUT2D eigenvalue weighted by atomic mass is 32.2. The first-order valence-corrected chi connectivity index (χ1v) is 9.39. The van der Waals surface area contributed by atoms with E-state index < -0.39 is 10.0 Å². The number of fused-ring (bicyclic) bond motifs is 1. The SMILES string of the molecule is CS(=O)(=O)N1N=C(c2ccccc2)C[C@H]1c1ccc2c(c1)OCO2. The Hall–Kier alpha value is -2.54. The molecular formula is C17H16N2O4S. The van der Waals surface area contributed by atoms with Crippen LogP contribution in [0.15, 0.2) is 53.6 Å². The summed E-state index contributed by atoms with van der Waals surface area (Å²) >= 11 is 0. The highest BCUT2D eigenvalue weighted by Crippen LogP contribution is 2.39. The fraction of sp³-hybridized carbons (Fsp3) is 0.235. The number of hydrazone groups is 1. The highest BCUT2D eigenvalue weighted by Gasteiger charge is 2.35. The van der Waals surface area contributed by atoms with Crippen LogP contribution >= 0.6 is 0 Å². The van der Waals surface area contributed by atoms with E-state index in [0.29, 0.717) is 17.9 Å². The molecule has 7 heteroatoms.